The zero-order chi connectivity index (χ0) is 25.8. The van der Waals surface area contributed by atoms with Crippen molar-refractivity contribution in [3.05, 3.63) is 56.0 Å². The molecule has 1 atom stereocenters. The molecule has 35 heavy (non-hydrogen) atoms. The van der Waals surface area contributed by atoms with Gasteiger partial charge in [0.05, 0.1) is 29.4 Å². The van der Waals surface area contributed by atoms with Gasteiger partial charge in [-0.25, -0.2) is 19.9 Å². The van der Waals surface area contributed by atoms with Crippen molar-refractivity contribution in [2.24, 2.45) is 0 Å². The average molecular weight is 548 g/mol. The maximum absolute atomic E-state index is 13.0. The van der Waals surface area contributed by atoms with Gasteiger partial charge in [-0.1, -0.05) is 23.2 Å². The van der Waals surface area contributed by atoms with Crippen LogP contribution in [0.5, 0.6) is 0 Å². The van der Waals surface area contributed by atoms with Crippen molar-refractivity contribution in [3.63, 3.8) is 0 Å². The number of alkyl halides is 3. The van der Waals surface area contributed by atoms with Gasteiger partial charge in [0.25, 0.3) is 11.8 Å². The zero-order valence-corrected chi connectivity index (χ0v) is 19.8. The molecular formula is C19H14Cl2F3N7O3S. The molecule has 1 unspecified atom stereocenters. The van der Waals surface area contributed by atoms with Gasteiger partial charge < -0.3 is 20.7 Å². The second kappa shape index (κ2) is 10.9. The predicted molar refractivity (Wildman–Crippen MR) is 122 cm³/mol. The lowest BCUT2D eigenvalue weighted by atomic mass is 10.2. The summed E-state index contributed by atoms with van der Waals surface area (Å²) < 4.78 is 39.0. The van der Waals surface area contributed by atoms with Crippen LogP contribution in [0.1, 0.15) is 43.7 Å². The van der Waals surface area contributed by atoms with Crippen LogP contribution in [0.4, 0.5) is 24.8 Å². The Morgan fingerprint density at radius 3 is 2.57 bits per heavy atom. The van der Waals surface area contributed by atoms with E-state index in [0.29, 0.717) is 17.4 Å². The Bertz CT molecular complexity index is 1270. The first kappa shape index (κ1) is 26.2. The van der Waals surface area contributed by atoms with Crippen LogP contribution in [0.25, 0.3) is 0 Å². The molecule has 0 aliphatic carbocycles. The number of carbonyl (C=O) groups excluding carboxylic acids is 3. The summed E-state index contributed by atoms with van der Waals surface area (Å²) in [4.78, 5) is 51.1. The van der Waals surface area contributed by atoms with Gasteiger partial charge in [0.2, 0.25) is 0 Å². The maximum Gasteiger partial charge on any atom is 0.418 e. The summed E-state index contributed by atoms with van der Waals surface area (Å²) in [6.45, 7) is 1.52. The summed E-state index contributed by atoms with van der Waals surface area (Å²) in [5.74, 6) is -1.66. The minimum atomic E-state index is -4.72. The van der Waals surface area contributed by atoms with E-state index < -0.39 is 34.6 Å². The number of nitrogens with one attached hydrogen (secondary N) is 3. The number of rotatable bonds is 8. The first-order chi connectivity index (χ1) is 16.5. The number of amides is 2. The Morgan fingerprint density at radius 2 is 1.89 bits per heavy atom. The molecule has 0 bridgehead atoms. The summed E-state index contributed by atoms with van der Waals surface area (Å²) in [6, 6.07) is -0.0636. The van der Waals surface area contributed by atoms with E-state index in [1.54, 1.807) is 6.92 Å². The van der Waals surface area contributed by atoms with Gasteiger partial charge in [0.1, 0.15) is 39.2 Å². The highest BCUT2D eigenvalue weighted by Crippen LogP contribution is 2.35. The molecule has 3 N–H and O–H groups in total. The molecule has 0 saturated carbocycles. The Kier molecular flexibility index (Phi) is 8.19. The van der Waals surface area contributed by atoms with Crippen molar-refractivity contribution in [1.29, 1.82) is 0 Å². The van der Waals surface area contributed by atoms with E-state index in [0.717, 1.165) is 23.9 Å². The number of halogens is 5. The molecule has 16 heteroatoms. The number of nitrogens with zero attached hydrogens (tertiary/aromatic N) is 4. The van der Waals surface area contributed by atoms with Crippen molar-refractivity contribution in [3.8, 4) is 0 Å². The Morgan fingerprint density at radius 1 is 1.14 bits per heavy atom. The lowest BCUT2D eigenvalue weighted by Gasteiger charge is -2.12. The van der Waals surface area contributed by atoms with Gasteiger partial charge >= 0.3 is 6.18 Å². The molecule has 3 aromatic rings. The van der Waals surface area contributed by atoms with Crippen molar-refractivity contribution in [2.45, 2.75) is 19.1 Å². The number of pyridine rings is 1. The Balaban J connectivity index is 1.69. The third-order valence-electron chi connectivity index (χ3n) is 4.23. The lowest BCUT2D eigenvalue weighted by molar-refractivity contribution is -0.137. The van der Waals surface area contributed by atoms with Gasteiger partial charge in [-0.3, -0.25) is 9.59 Å². The normalized spacial score (nSPS) is 12.1. The van der Waals surface area contributed by atoms with E-state index in [1.807, 2.05) is 0 Å². The minimum Gasteiger partial charge on any atom is -0.362 e. The highest BCUT2D eigenvalue weighted by molar-refractivity contribution is 7.13. The fourth-order valence-electron chi connectivity index (χ4n) is 2.61. The fourth-order valence-corrected chi connectivity index (χ4v) is 3.89. The number of hydrogen-bond donors (Lipinski definition) is 3. The van der Waals surface area contributed by atoms with E-state index in [4.69, 9.17) is 23.2 Å². The number of carbonyl (C=O) groups is 3. The van der Waals surface area contributed by atoms with Gasteiger partial charge in [-0.05, 0) is 13.0 Å². The first-order valence-corrected chi connectivity index (χ1v) is 11.1. The minimum absolute atomic E-state index is 0.0619. The summed E-state index contributed by atoms with van der Waals surface area (Å²) in [5.41, 5.74) is -1.29. The quantitative estimate of drug-likeness (QED) is 0.359. The molecule has 0 aliphatic rings. The summed E-state index contributed by atoms with van der Waals surface area (Å²) >= 11 is 12.6. The lowest BCUT2D eigenvalue weighted by Crippen LogP contribution is -2.28. The number of hydrogen-bond acceptors (Lipinski definition) is 9. The second-order valence-corrected chi connectivity index (χ2v) is 8.54. The molecule has 0 fully saturated rings. The molecule has 3 rings (SSSR count). The number of aldehydes is 1. The highest BCUT2D eigenvalue weighted by atomic mass is 35.5. The SMILES string of the molecule is CC(NC(=O)c1ncnc(NCC=O)c1Cl)c1ncc(C(=O)Nc2cc(C(F)(F)F)c(Cl)cn2)s1. The Labute approximate surface area is 209 Å². The van der Waals surface area contributed by atoms with Crippen LogP contribution in [0.3, 0.4) is 0 Å². The molecule has 10 nitrogen and oxygen atoms in total. The molecule has 0 spiro atoms. The number of thiazole rings is 1. The molecule has 3 aromatic heterocycles. The van der Waals surface area contributed by atoms with Crippen LogP contribution >= 0.6 is 34.5 Å². The number of anilines is 2. The third kappa shape index (κ3) is 6.41. The summed E-state index contributed by atoms with van der Waals surface area (Å²) in [6.07, 6.45) is -1.04. The van der Waals surface area contributed by atoms with E-state index in [9.17, 15) is 27.6 Å². The fraction of sp³-hybridized carbons (Fsp3) is 0.211. The first-order valence-electron chi connectivity index (χ1n) is 9.50. The molecule has 2 amide bonds. The van der Waals surface area contributed by atoms with Gasteiger partial charge in [0, 0.05) is 6.20 Å². The van der Waals surface area contributed by atoms with E-state index in [2.05, 4.69) is 35.9 Å². The van der Waals surface area contributed by atoms with Gasteiger partial charge in [-0.2, -0.15) is 13.2 Å². The van der Waals surface area contributed by atoms with Gasteiger partial charge in [-0.15, -0.1) is 11.3 Å². The average Bonchev–Trinajstić information content (AvgIpc) is 3.29. The van der Waals surface area contributed by atoms with Crippen LogP contribution in [0.2, 0.25) is 10.0 Å². The van der Waals surface area contributed by atoms with Crippen LogP contribution in [-0.4, -0.2) is 44.6 Å². The molecule has 0 aromatic carbocycles. The molecule has 0 aliphatic heterocycles. The maximum atomic E-state index is 13.0. The van der Waals surface area contributed by atoms with Crippen LogP contribution in [-0.2, 0) is 11.0 Å². The smallest absolute Gasteiger partial charge is 0.362 e. The summed E-state index contributed by atoms with van der Waals surface area (Å²) in [7, 11) is 0. The van der Waals surface area contributed by atoms with Gasteiger partial charge in [0.15, 0.2) is 5.69 Å². The monoisotopic (exact) mass is 547 g/mol. The van der Waals surface area contributed by atoms with Crippen LogP contribution < -0.4 is 16.0 Å². The third-order valence-corrected chi connectivity index (χ3v) is 6.06. The van der Waals surface area contributed by atoms with E-state index >= 15 is 0 Å². The van der Waals surface area contributed by atoms with Crippen molar-refractivity contribution < 1.29 is 27.6 Å². The summed E-state index contributed by atoms with van der Waals surface area (Å²) in [5, 5.41) is 7.14. The van der Waals surface area contributed by atoms with E-state index in [1.165, 1.54) is 6.20 Å². The molecule has 184 valence electrons. The molecular weight excluding hydrogens is 534 g/mol. The van der Waals surface area contributed by atoms with Crippen molar-refractivity contribution in [1.82, 2.24) is 25.3 Å². The zero-order valence-electron chi connectivity index (χ0n) is 17.5. The predicted octanol–water partition coefficient (Wildman–Crippen LogP) is 4.01. The second-order valence-electron chi connectivity index (χ2n) is 6.69. The van der Waals surface area contributed by atoms with Crippen LogP contribution in [0.15, 0.2) is 24.8 Å². The number of aromatic nitrogens is 4. The van der Waals surface area contributed by atoms with Crippen molar-refractivity contribution in [2.75, 3.05) is 17.2 Å². The molecule has 0 saturated heterocycles. The Hall–Kier alpha value is -3.36. The molecule has 0 radical (unpaired) electrons. The van der Waals surface area contributed by atoms with Crippen molar-refractivity contribution >= 4 is 64.3 Å². The largest absolute Gasteiger partial charge is 0.418 e. The van der Waals surface area contributed by atoms with E-state index in [-0.39, 0.29) is 33.8 Å². The standard InChI is InChI=1S/C19H14Cl2F3N7O3S/c1-8(30-17(34)14-13(21)15(25-2-3-32)29-7-28-14)18-27-6-11(35-18)16(33)31-12-4-9(19(22,23)24)10(20)5-26-12/h3-8H,2H2,1H3,(H,30,34)(H,25,28,29)(H,26,31,33). The van der Waals surface area contributed by atoms with Crippen LogP contribution in [0, 0.1) is 0 Å². The topological polar surface area (TPSA) is 139 Å². The highest BCUT2D eigenvalue weighted by Gasteiger charge is 2.34. The molecule has 3 heterocycles.